The van der Waals surface area contributed by atoms with Crippen molar-refractivity contribution in [3.63, 3.8) is 0 Å². The molecule has 1 unspecified atom stereocenters. The van der Waals surface area contributed by atoms with E-state index in [0.29, 0.717) is 38.4 Å². The van der Waals surface area contributed by atoms with E-state index in [9.17, 15) is 18.0 Å². The Morgan fingerprint density at radius 1 is 1.21 bits per heavy atom. The summed E-state index contributed by atoms with van der Waals surface area (Å²) in [5.74, 6) is 0.299. The Kier molecular flexibility index (Phi) is 5.53. The van der Waals surface area contributed by atoms with Crippen LogP contribution >= 0.6 is 0 Å². The lowest BCUT2D eigenvalue weighted by Gasteiger charge is -2.45. The summed E-state index contributed by atoms with van der Waals surface area (Å²) in [7, 11) is 0. The second kappa shape index (κ2) is 7.46. The van der Waals surface area contributed by atoms with Gasteiger partial charge in [0, 0.05) is 43.7 Å². The van der Waals surface area contributed by atoms with Gasteiger partial charge in [0.15, 0.2) is 0 Å². The van der Waals surface area contributed by atoms with Crippen molar-refractivity contribution in [3.05, 3.63) is 29.3 Å². The second-order valence-corrected chi connectivity index (χ2v) is 8.42. The van der Waals surface area contributed by atoms with E-state index < -0.39 is 17.3 Å². The van der Waals surface area contributed by atoms with Gasteiger partial charge in [0.05, 0.1) is 12.2 Å². The number of piperazine rings is 1. The van der Waals surface area contributed by atoms with Gasteiger partial charge in [0.1, 0.15) is 11.4 Å². The molecule has 0 saturated carbocycles. The van der Waals surface area contributed by atoms with Crippen molar-refractivity contribution in [3.8, 4) is 5.75 Å². The minimum absolute atomic E-state index is 0.0261. The molecule has 8 heteroatoms. The summed E-state index contributed by atoms with van der Waals surface area (Å²) in [6.07, 6.45) is -4.02. The van der Waals surface area contributed by atoms with E-state index in [1.807, 2.05) is 27.7 Å². The van der Waals surface area contributed by atoms with Crippen LogP contribution in [0.3, 0.4) is 0 Å². The highest BCUT2D eigenvalue weighted by Crippen LogP contribution is 2.41. The fraction of sp³-hybridized carbons (Fsp3) is 0.650. The van der Waals surface area contributed by atoms with Crippen LogP contribution in [0.1, 0.15) is 51.3 Å². The average molecular weight is 400 g/mol. The van der Waals surface area contributed by atoms with Crippen molar-refractivity contribution >= 4 is 6.09 Å². The Bertz CT molecular complexity index is 730. The first-order valence-electron chi connectivity index (χ1n) is 9.53. The Hall–Kier alpha value is -1.96. The quantitative estimate of drug-likeness (QED) is 0.698. The fourth-order valence-corrected chi connectivity index (χ4v) is 3.82. The monoisotopic (exact) mass is 400 g/mol. The molecule has 0 bridgehead atoms. The first-order valence-corrected chi connectivity index (χ1v) is 9.53. The molecule has 28 heavy (non-hydrogen) atoms. The minimum atomic E-state index is -4.39. The van der Waals surface area contributed by atoms with Gasteiger partial charge in [-0.05, 0) is 39.8 Å². The molecule has 0 aromatic heterocycles. The molecule has 3 rings (SSSR count). The molecule has 5 nitrogen and oxygen atoms in total. The summed E-state index contributed by atoms with van der Waals surface area (Å²) in [5.41, 5.74) is -0.473. The number of fused-ring (bicyclic) bond motifs is 1. The van der Waals surface area contributed by atoms with Crippen LogP contribution in [0.2, 0.25) is 0 Å². The molecule has 1 saturated heterocycles. The van der Waals surface area contributed by atoms with Crippen LogP contribution in [-0.4, -0.2) is 53.8 Å². The fourth-order valence-electron chi connectivity index (χ4n) is 3.82. The standard InChI is InChI=1S/C20H27F3N2O3/c1-13-12-24(18(26)28-19(2,3)4)8-9-25(13)16-7-10-27-17-11-14(20(21,22)23)5-6-15(16)17/h5-6,11,13,16H,7-10,12H2,1-4H3/t13-,16?/m0/s1. The van der Waals surface area contributed by atoms with Gasteiger partial charge in [0.25, 0.3) is 0 Å². The van der Waals surface area contributed by atoms with E-state index in [-0.39, 0.29) is 18.2 Å². The number of carbonyl (C=O) groups is 1. The lowest BCUT2D eigenvalue weighted by molar-refractivity contribution is -0.137. The molecule has 1 aromatic carbocycles. The predicted octanol–water partition coefficient (Wildman–Crippen LogP) is 4.47. The second-order valence-electron chi connectivity index (χ2n) is 8.42. The maximum absolute atomic E-state index is 13.0. The maximum Gasteiger partial charge on any atom is 0.416 e. The lowest BCUT2D eigenvalue weighted by Crippen LogP contribution is -2.55. The average Bonchev–Trinajstić information content (AvgIpc) is 2.58. The SMILES string of the molecule is C[C@H]1CN(C(=O)OC(C)(C)C)CCN1C1CCOc2cc(C(F)(F)F)ccc21. The topological polar surface area (TPSA) is 42.0 Å². The number of amides is 1. The molecular weight excluding hydrogens is 373 g/mol. The number of hydrogen-bond donors (Lipinski definition) is 0. The highest BCUT2D eigenvalue weighted by atomic mass is 19.4. The Balaban J connectivity index is 1.73. The molecule has 0 radical (unpaired) electrons. The minimum Gasteiger partial charge on any atom is -0.493 e. The van der Waals surface area contributed by atoms with Crippen molar-refractivity contribution in [2.45, 2.75) is 58.0 Å². The molecule has 1 aromatic rings. The zero-order valence-electron chi connectivity index (χ0n) is 16.7. The van der Waals surface area contributed by atoms with Gasteiger partial charge in [-0.1, -0.05) is 6.07 Å². The summed E-state index contributed by atoms with van der Waals surface area (Å²) in [5, 5.41) is 0. The van der Waals surface area contributed by atoms with Gasteiger partial charge in [-0.2, -0.15) is 13.2 Å². The number of rotatable bonds is 1. The summed E-state index contributed by atoms with van der Waals surface area (Å²) in [6, 6.07) is 3.75. The first kappa shape index (κ1) is 20.8. The number of alkyl halides is 3. The number of hydrogen-bond acceptors (Lipinski definition) is 4. The van der Waals surface area contributed by atoms with Crippen LogP contribution in [0.5, 0.6) is 5.75 Å². The molecule has 0 N–H and O–H groups in total. The van der Waals surface area contributed by atoms with E-state index in [1.165, 1.54) is 6.07 Å². The van der Waals surface area contributed by atoms with Crippen molar-refractivity contribution in [1.29, 1.82) is 0 Å². The third-order valence-corrected chi connectivity index (χ3v) is 5.08. The largest absolute Gasteiger partial charge is 0.493 e. The maximum atomic E-state index is 13.0. The Labute approximate surface area is 163 Å². The summed E-state index contributed by atoms with van der Waals surface area (Å²) in [4.78, 5) is 16.3. The molecule has 2 heterocycles. The molecule has 0 aliphatic carbocycles. The number of carbonyl (C=O) groups excluding carboxylic acids is 1. The molecule has 1 fully saturated rings. The molecule has 1 amide bonds. The van der Waals surface area contributed by atoms with Gasteiger partial charge in [-0.25, -0.2) is 4.79 Å². The first-order chi connectivity index (χ1) is 13.0. The molecular formula is C20H27F3N2O3. The number of ether oxygens (including phenoxy) is 2. The predicted molar refractivity (Wildman–Crippen MR) is 98.3 cm³/mol. The van der Waals surface area contributed by atoms with Crippen LogP contribution in [-0.2, 0) is 10.9 Å². The van der Waals surface area contributed by atoms with Crippen LogP contribution in [0.15, 0.2) is 18.2 Å². The third-order valence-electron chi connectivity index (χ3n) is 5.08. The van der Waals surface area contributed by atoms with Gasteiger partial charge < -0.3 is 14.4 Å². The van der Waals surface area contributed by atoms with E-state index in [0.717, 1.165) is 17.7 Å². The highest BCUT2D eigenvalue weighted by molar-refractivity contribution is 5.68. The van der Waals surface area contributed by atoms with Crippen molar-refractivity contribution in [2.24, 2.45) is 0 Å². The summed E-state index contributed by atoms with van der Waals surface area (Å²) < 4.78 is 49.9. The lowest BCUT2D eigenvalue weighted by atomic mass is 9.95. The van der Waals surface area contributed by atoms with Gasteiger partial charge >= 0.3 is 12.3 Å². The normalized spacial score (nSPS) is 23.8. The zero-order chi connectivity index (χ0) is 20.7. The molecule has 0 spiro atoms. The van der Waals surface area contributed by atoms with Crippen molar-refractivity contribution < 1.29 is 27.4 Å². The number of benzene rings is 1. The third kappa shape index (κ3) is 4.54. The van der Waals surface area contributed by atoms with Gasteiger partial charge in [-0.3, -0.25) is 4.90 Å². The van der Waals surface area contributed by atoms with Crippen LogP contribution in [0.4, 0.5) is 18.0 Å². The molecule has 2 atom stereocenters. The van der Waals surface area contributed by atoms with Crippen molar-refractivity contribution in [1.82, 2.24) is 9.80 Å². The summed E-state index contributed by atoms with van der Waals surface area (Å²) in [6.45, 7) is 9.56. The Morgan fingerprint density at radius 2 is 1.93 bits per heavy atom. The molecule has 156 valence electrons. The van der Waals surface area contributed by atoms with Gasteiger partial charge in [0.2, 0.25) is 0 Å². The highest BCUT2D eigenvalue weighted by Gasteiger charge is 2.37. The van der Waals surface area contributed by atoms with E-state index in [2.05, 4.69) is 4.90 Å². The number of nitrogens with zero attached hydrogens (tertiary/aromatic N) is 2. The zero-order valence-corrected chi connectivity index (χ0v) is 16.7. The van der Waals surface area contributed by atoms with E-state index >= 15 is 0 Å². The van der Waals surface area contributed by atoms with E-state index in [1.54, 1.807) is 4.90 Å². The molecule has 2 aliphatic heterocycles. The van der Waals surface area contributed by atoms with E-state index in [4.69, 9.17) is 9.47 Å². The van der Waals surface area contributed by atoms with Gasteiger partial charge in [-0.15, -0.1) is 0 Å². The Morgan fingerprint density at radius 3 is 2.54 bits per heavy atom. The van der Waals surface area contributed by atoms with Crippen LogP contribution in [0.25, 0.3) is 0 Å². The smallest absolute Gasteiger partial charge is 0.416 e. The van der Waals surface area contributed by atoms with Crippen LogP contribution < -0.4 is 4.74 Å². The van der Waals surface area contributed by atoms with Crippen LogP contribution in [0, 0.1) is 0 Å². The van der Waals surface area contributed by atoms with Crippen molar-refractivity contribution in [2.75, 3.05) is 26.2 Å². The molecule has 2 aliphatic rings. The summed E-state index contributed by atoms with van der Waals surface area (Å²) >= 11 is 0. The number of halogens is 3.